The highest BCUT2D eigenvalue weighted by Crippen LogP contribution is 2.25. The zero-order valence-corrected chi connectivity index (χ0v) is 16.3. The molecule has 0 saturated carbocycles. The first-order valence-electron chi connectivity index (χ1n) is 7.33. The van der Waals surface area contributed by atoms with E-state index in [4.69, 9.17) is 9.57 Å². The first kappa shape index (κ1) is 19.9. The van der Waals surface area contributed by atoms with E-state index in [1.54, 1.807) is 37.4 Å². The monoisotopic (exact) mass is 397 g/mol. The van der Waals surface area contributed by atoms with Crippen molar-refractivity contribution in [3.05, 3.63) is 36.0 Å². The number of anilines is 1. The number of nitrogens with one attached hydrogen (secondary N) is 2. The second-order valence-corrected chi connectivity index (χ2v) is 7.29. The highest BCUT2D eigenvalue weighted by Gasteiger charge is 2.19. The largest absolute Gasteiger partial charge is 0.481 e. The maximum atomic E-state index is 12.7. The molecule has 0 amide bonds. The molecule has 0 unspecified atom stereocenters. The van der Waals surface area contributed by atoms with E-state index in [1.165, 1.54) is 32.0 Å². The van der Waals surface area contributed by atoms with Crippen molar-refractivity contribution >= 4 is 33.7 Å². The van der Waals surface area contributed by atoms with Crippen LogP contribution in [0.25, 0.3) is 0 Å². The summed E-state index contributed by atoms with van der Waals surface area (Å²) in [5.41, 5.74) is 3.01. The SMILES string of the molecule is CONC(=NS(=O)(=O)c1ccccc1SC)Nc1nc(C)cc(OC)n1. The van der Waals surface area contributed by atoms with Crippen molar-refractivity contribution in [3.63, 3.8) is 0 Å². The summed E-state index contributed by atoms with van der Waals surface area (Å²) in [5.74, 6) is 0.252. The standard InChI is InChI=1S/C15H19N5O4S2/c1-10-9-13(23-2)17-14(16-10)18-15(19-24-3)20-26(21,22)12-8-6-5-7-11(12)25-4/h5-9H,1-4H3,(H2,16,17,18,19,20). The van der Waals surface area contributed by atoms with Crippen LogP contribution >= 0.6 is 11.8 Å². The fraction of sp³-hybridized carbons (Fsp3) is 0.267. The van der Waals surface area contributed by atoms with E-state index < -0.39 is 10.0 Å². The van der Waals surface area contributed by atoms with Crippen molar-refractivity contribution in [3.8, 4) is 5.88 Å². The van der Waals surface area contributed by atoms with Gasteiger partial charge in [0.15, 0.2) is 0 Å². The van der Waals surface area contributed by atoms with Crippen molar-refractivity contribution in [1.29, 1.82) is 0 Å². The molecule has 9 nitrogen and oxygen atoms in total. The van der Waals surface area contributed by atoms with Gasteiger partial charge in [0.05, 0.1) is 14.2 Å². The quantitative estimate of drug-likeness (QED) is 0.326. The minimum Gasteiger partial charge on any atom is -0.481 e. The van der Waals surface area contributed by atoms with Crippen molar-refractivity contribution in [2.75, 3.05) is 25.8 Å². The Morgan fingerprint density at radius 2 is 1.96 bits per heavy atom. The Morgan fingerprint density at radius 1 is 1.23 bits per heavy atom. The Hall–Kier alpha value is -2.37. The molecule has 2 aromatic rings. The van der Waals surface area contributed by atoms with Crippen LogP contribution in [0.5, 0.6) is 5.88 Å². The van der Waals surface area contributed by atoms with Crippen LogP contribution in [0.15, 0.2) is 44.5 Å². The molecule has 0 saturated heterocycles. The maximum absolute atomic E-state index is 12.7. The lowest BCUT2D eigenvalue weighted by Crippen LogP contribution is -2.31. The lowest BCUT2D eigenvalue weighted by molar-refractivity contribution is 0.144. The number of rotatable bonds is 6. The fourth-order valence-corrected chi connectivity index (χ4v) is 4.02. The number of hydroxylamine groups is 1. The number of hydrogen-bond acceptors (Lipinski definition) is 7. The van der Waals surface area contributed by atoms with Crippen molar-refractivity contribution in [1.82, 2.24) is 15.4 Å². The first-order valence-corrected chi connectivity index (χ1v) is 9.99. The molecule has 0 spiro atoms. The Balaban J connectivity index is 2.41. The Morgan fingerprint density at radius 3 is 2.62 bits per heavy atom. The summed E-state index contributed by atoms with van der Waals surface area (Å²) in [6.45, 7) is 1.75. The lowest BCUT2D eigenvalue weighted by Gasteiger charge is -2.11. The third-order valence-electron chi connectivity index (χ3n) is 3.03. The van der Waals surface area contributed by atoms with E-state index in [9.17, 15) is 8.42 Å². The van der Waals surface area contributed by atoms with Gasteiger partial charge in [-0.1, -0.05) is 12.1 Å². The van der Waals surface area contributed by atoms with Crippen LogP contribution in [0, 0.1) is 6.92 Å². The minimum atomic E-state index is -4.00. The van der Waals surface area contributed by atoms with Gasteiger partial charge in [-0.2, -0.15) is 13.4 Å². The number of hydrogen-bond donors (Lipinski definition) is 2. The number of benzene rings is 1. The molecule has 11 heteroatoms. The number of aryl methyl sites for hydroxylation is 1. The van der Waals surface area contributed by atoms with Gasteiger partial charge in [0.2, 0.25) is 17.8 Å². The van der Waals surface area contributed by atoms with Crippen molar-refractivity contribution in [2.45, 2.75) is 16.7 Å². The molecule has 1 aromatic heterocycles. The van der Waals surface area contributed by atoms with Gasteiger partial charge in [-0.25, -0.2) is 10.5 Å². The summed E-state index contributed by atoms with van der Waals surface area (Å²) in [6, 6.07) is 8.22. The van der Waals surface area contributed by atoms with Gasteiger partial charge < -0.3 is 4.74 Å². The number of sulfonamides is 1. The highest BCUT2D eigenvalue weighted by molar-refractivity contribution is 7.99. The Bertz CT molecular complexity index is 903. The molecular formula is C15H19N5O4S2. The van der Waals surface area contributed by atoms with Gasteiger partial charge in [0.25, 0.3) is 10.0 Å². The number of aromatic nitrogens is 2. The number of ether oxygens (including phenoxy) is 1. The van der Waals surface area contributed by atoms with Gasteiger partial charge in [-0.15, -0.1) is 16.2 Å². The molecule has 0 aliphatic heterocycles. The first-order chi connectivity index (χ1) is 12.4. The molecule has 2 rings (SSSR count). The molecule has 0 radical (unpaired) electrons. The molecule has 1 heterocycles. The maximum Gasteiger partial charge on any atom is 0.286 e. The van der Waals surface area contributed by atoms with Crippen LogP contribution < -0.4 is 15.5 Å². The minimum absolute atomic E-state index is 0.0902. The number of methoxy groups -OCH3 is 1. The van der Waals surface area contributed by atoms with Crippen LogP contribution in [0.1, 0.15) is 5.69 Å². The van der Waals surface area contributed by atoms with E-state index >= 15 is 0 Å². The van der Waals surface area contributed by atoms with E-state index in [1.807, 2.05) is 0 Å². The third-order valence-corrected chi connectivity index (χ3v) is 5.29. The van der Waals surface area contributed by atoms with Crippen LogP contribution in [0.2, 0.25) is 0 Å². The second-order valence-electron chi connectivity index (χ2n) is 4.87. The third kappa shape index (κ3) is 5.07. The molecule has 26 heavy (non-hydrogen) atoms. The molecule has 2 N–H and O–H groups in total. The second kappa shape index (κ2) is 8.83. The molecule has 1 aromatic carbocycles. The van der Waals surface area contributed by atoms with Crippen LogP contribution in [-0.2, 0) is 14.9 Å². The zero-order valence-electron chi connectivity index (χ0n) is 14.7. The van der Waals surface area contributed by atoms with Crippen LogP contribution in [-0.4, -0.2) is 44.8 Å². The highest BCUT2D eigenvalue weighted by atomic mass is 32.2. The van der Waals surface area contributed by atoms with Crippen LogP contribution in [0.4, 0.5) is 5.95 Å². The van der Waals surface area contributed by atoms with Gasteiger partial charge >= 0.3 is 0 Å². The molecule has 0 aliphatic carbocycles. The van der Waals surface area contributed by atoms with E-state index in [0.29, 0.717) is 16.5 Å². The molecule has 140 valence electrons. The van der Waals surface area contributed by atoms with E-state index in [-0.39, 0.29) is 16.8 Å². The van der Waals surface area contributed by atoms with Crippen LogP contribution in [0.3, 0.4) is 0 Å². The average Bonchev–Trinajstić information content (AvgIpc) is 2.61. The normalized spacial score (nSPS) is 11.9. The summed E-state index contributed by atoms with van der Waals surface area (Å²) < 4.78 is 34.2. The number of guanidine groups is 1. The number of thioether (sulfide) groups is 1. The smallest absolute Gasteiger partial charge is 0.286 e. The Kier molecular flexibility index (Phi) is 6.77. The van der Waals surface area contributed by atoms with Gasteiger partial charge in [-0.05, 0) is 25.3 Å². The van der Waals surface area contributed by atoms with E-state index in [2.05, 4.69) is 25.2 Å². The molecule has 0 aliphatic rings. The molecule has 0 fully saturated rings. The Labute approximate surface area is 156 Å². The fourth-order valence-electron chi connectivity index (χ4n) is 1.97. The van der Waals surface area contributed by atoms with E-state index in [0.717, 1.165) is 0 Å². The summed E-state index contributed by atoms with van der Waals surface area (Å²) in [7, 11) is -1.19. The summed E-state index contributed by atoms with van der Waals surface area (Å²) in [6.07, 6.45) is 1.79. The van der Waals surface area contributed by atoms with Gasteiger partial charge in [-0.3, -0.25) is 10.2 Å². The van der Waals surface area contributed by atoms with Crippen molar-refractivity contribution in [2.24, 2.45) is 4.40 Å². The lowest BCUT2D eigenvalue weighted by atomic mass is 10.4. The number of nitrogens with zero attached hydrogens (tertiary/aromatic N) is 3. The summed E-state index contributed by atoms with van der Waals surface area (Å²) in [4.78, 5) is 13.7. The van der Waals surface area contributed by atoms with Gasteiger partial charge in [0.1, 0.15) is 4.90 Å². The topological polar surface area (TPSA) is 115 Å². The van der Waals surface area contributed by atoms with Gasteiger partial charge in [0, 0.05) is 16.7 Å². The molecular weight excluding hydrogens is 378 g/mol. The predicted octanol–water partition coefficient (Wildman–Crippen LogP) is 1.82. The predicted molar refractivity (Wildman–Crippen MR) is 99.9 cm³/mol. The average molecular weight is 397 g/mol. The molecule has 0 atom stereocenters. The molecule has 0 bridgehead atoms. The summed E-state index contributed by atoms with van der Waals surface area (Å²) in [5, 5.41) is 2.68. The van der Waals surface area contributed by atoms with Crippen molar-refractivity contribution < 1.29 is 18.0 Å². The zero-order chi connectivity index (χ0) is 19.2. The summed E-state index contributed by atoms with van der Waals surface area (Å²) >= 11 is 1.31.